The number of para-hydroxylation sites is 1. The molecule has 0 spiro atoms. The lowest BCUT2D eigenvalue weighted by Gasteiger charge is -2.25. The minimum atomic E-state index is -1.14. The molecule has 2 rings (SSSR count). The molecule has 2 aromatic carbocycles. The van der Waals surface area contributed by atoms with Gasteiger partial charge in [0, 0.05) is 18.4 Å². The lowest BCUT2D eigenvalue weighted by molar-refractivity contribution is -0.131. The van der Waals surface area contributed by atoms with Crippen LogP contribution < -0.4 is 5.32 Å². The van der Waals surface area contributed by atoms with Crippen molar-refractivity contribution in [3.05, 3.63) is 72.3 Å². The Morgan fingerprint density at radius 2 is 1.78 bits per heavy atom. The third kappa shape index (κ3) is 6.48. The highest BCUT2D eigenvalue weighted by Gasteiger charge is 2.26. The van der Waals surface area contributed by atoms with Gasteiger partial charge in [0.1, 0.15) is 11.9 Å². The second kappa shape index (κ2) is 9.98. The van der Waals surface area contributed by atoms with Gasteiger partial charge in [-0.25, -0.2) is 9.59 Å². The summed E-state index contributed by atoms with van der Waals surface area (Å²) < 4.78 is 11.1. The van der Waals surface area contributed by atoms with Gasteiger partial charge >= 0.3 is 12.1 Å². The van der Waals surface area contributed by atoms with E-state index in [1.807, 2.05) is 6.07 Å². The average Bonchev–Trinajstić information content (AvgIpc) is 2.65. The molecular formula is C20H21NO6. The minimum absolute atomic E-state index is 0.0558. The zero-order chi connectivity index (χ0) is 19.6. The monoisotopic (exact) mass is 371 g/mol. The summed E-state index contributed by atoms with van der Waals surface area (Å²) in [6.45, 7) is 2.03. The standard InChI is InChI=1S/C20H21NO6/c1-2-26-17(12-13-18(23)24)19(14-8-10-16(22)11-9-14)27-20(25)21-15-6-4-3-5-7-15/h3-13,17,19,22H,2H2,1H3,(H,21,25)(H,23,24)/b13-12+/t17-,19-/m0/s1. The van der Waals surface area contributed by atoms with E-state index in [0.29, 0.717) is 11.3 Å². The molecule has 0 aliphatic heterocycles. The van der Waals surface area contributed by atoms with Crippen LogP contribution in [-0.2, 0) is 14.3 Å². The van der Waals surface area contributed by atoms with E-state index >= 15 is 0 Å². The molecule has 0 aromatic heterocycles. The Kier molecular flexibility index (Phi) is 7.39. The number of phenols is 1. The summed E-state index contributed by atoms with van der Waals surface area (Å²) in [5.41, 5.74) is 1.10. The molecule has 0 fully saturated rings. The highest BCUT2D eigenvalue weighted by Crippen LogP contribution is 2.27. The fourth-order valence-electron chi connectivity index (χ4n) is 2.39. The van der Waals surface area contributed by atoms with Crippen molar-refractivity contribution in [3.63, 3.8) is 0 Å². The van der Waals surface area contributed by atoms with Crippen LogP contribution in [0, 0.1) is 0 Å². The fourth-order valence-corrected chi connectivity index (χ4v) is 2.39. The zero-order valence-corrected chi connectivity index (χ0v) is 14.7. The lowest BCUT2D eigenvalue weighted by atomic mass is 10.0. The number of anilines is 1. The van der Waals surface area contributed by atoms with Crippen molar-refractivity contribution in [1.82, 2.24) is 0 Å². The average molecular weight is 371 g/mol. The largest absolute Gasteiger partial charge is 0.508 e. The smallest absolute Gasteiger partial charge is 0.412 e. The van der Waals surface area contributed by atoms with Gasteiger partial charge in [0.15, 0.2) is 6.10 Å². The Bertz CT molecular complexity index is 773. The molecule has 0 aliphatic carbocycles. The Morgan fingerprint density at radius 3 is 2.37 bits per heavy atom. The predicted octanol–water partition coefficient (Wildman–Crippen LogP) is 3.73. The summed E-state index contributed by atoms with van der Waals surface area (Å²) in [5.74, 6) is -1.09. The molecule has 27 heavy (non-hydrogen) atoms. The van der Waals surface area contributed by atoms with Crippen molar-refractivity contribution in [3.8, 4) is 5.75 Å². The normalized spacial score (nSPS) is 13.1. The number of aliphatic carboxylic acids is 1. The molecule has 0 bridgehead atoms. The number of ether oxygens (including phenoxy) is 2. The SMILES string of the molecule is CCO[C@@H](/C=C/C(=O)O)[C@@H](OC(=O)Nc1ccccc1)c1ccc(O)cc1. The number of rotatable bonds is 8. The first kappa shape index (κ1) is 20.0. The van der Waals surface area contributed by atoms with Gasteiger partial charge in [-0.1, -0.05) is 30.3 Å². The molecule has 0 aliphatic rings. The van der Waals surface area contributed by atoms with E-state index in [1.54, 1.807) is 43.3 Å². The first-order valence-corrected chi connectivity index (χ1v) is 8.34. The summed E-state index contributed by atoms with van der Waals surface area (Å²) in [6, 6.07) is 14.8. The van der Waals surface area contributed by atoms with Crippen molar-refractivity contribution in [2.75, 3.05) is 11.9 Å². The number of carboxylic acid groups (broad SMARTS) is 1. The number of hydrogen-bond acceptors (Lipinski definition) is 5. The maximum absolute atomic E-state index is 12.3. The molecule has 7 heteroatoms. The van der Waals surface area contributed by atoms with Crippen LogP contribution in [0.3, 0.4) is 0 Å². The third-order valence-corrected chi connectivity index (χ3v) is 3.56. The molecule has 1 amide bonds. The van der Waals surface area contributed by atoms with E-state index in [1.165, 1.54) is 18.2 Å². The molecule has 0 radical (unpaired) electrons. The number of carbonyl (C=O) groups is 2. The van der Waals surface area contributed by atoms with Crippen LogP contribution in [0.2, 0.25) is 0 Å². The molecule has 0 saturated heterocycles. The van der Waals surface area contributed by atoms with E-state index < -0.39 is 24.3 Å². The van der Waals surface area contributed by atoms with Crippen molar-refractivity contribution in [2.24, 2.45) is 0 Å². The van der Waals surface area contributed by atoms with E-state index in [-0.39, 0.29) is 12.4 Å². The van der Waals surface area contributed by atoms with Crippen molar-refractivity contribution in [1.29, 1.82) is 0 Å². The van der Waals surface area contributed by atoms with E-state index in [4.69, 9.17) is 14.6 Å². The topological polar surface area (TPSA) is 105 Å². The van der Waals surface area contributed by atoms with Gasteiger partial charge in [-0.05, 0) is 42.8 Å². The Balaban J connectivity index is 2.25. The molecule has 7 nitrogen and oxygen atoms in total. The van der Waals surface area contributed by atoms with Gasteiger partial charge in [-0.3, -0.25) is 5.32 Å². The van der Waals surface area contributed by atoms with Crippen molar-refractivity contribution in [2.45, 2.75) is 19.1 Å². The fraction of sp³-hybridized carbons (Fsp3) is 0.200. The molecule has 2 atom stereocenters. The molecule has 142 valence electrons. The zero-order valence-electron chi connectivity index (χ0n) is 14.7. The number of benzene rings is 2. The third-order valence-electron chi connectivity index (χ3n) is 3.56. The van der Waals surface area contributed by atoms with Crippen molar-refractivity contribution < 1.29 is 29.3 Å². The van der Waals surface area contributed by atoms with E-state index in [9.17, 15) is 14.7 Å². The molecule has 3 N–H and O–H groups in total. The van der Waals surface area contributed by atoms with Crippen LogP contribution >= 0.6 is 0 Å². The van der Waals surface area contributed by atoms with Crippen LogP contribution in [0.5, 0.6) is 5.75 Å². The van der Waals surface area contributed by atoms with Gasteiger partial charge in [0.25, 0.3) is 0 Å². The number of carbonyl (C=O) groups excluding carboxylic acids is 1. The maximum Gasteiger partial charge on any atom is 0.412 e. The van der Waals surface area contributed by atoms with Crippen LogP contribution in [0.15, 0.2) is 66.7 Å². The van der Waals surface area contributed by atoms with Crippen LogP contribution in [0.4, 0.5) is 10.5 Å². The molecular weight excluding hydrogens is 350 g/mol. The Hall–Kier alpha value is -3.32. The number of nitrogens with one attached hydrogen (secondary N) is 1. The van der Waals surface area contributed by atoms with Gasteiger partial charge in [-0.2, -0.15) is 0 Å². The number of aromatic hydroxyl groups is 1. The lowest BCUT2D eigenvalue weighted by Crippen LogP contribution is -2.27. The Labute approximate surface area is 156 Å². The quantitative estimate of drug-likeness (QED) is 0.611. The Morgan fingerprint density at radius 1 is 1.11 bits per heavy atom. The maximum atomic E-state index is 12.3. The number of carboxylic acids is 1. The summed E-state index contributed by atoms with van der Waals surface area (Å²) in [6.07, 6.45) is -0.194. The number of hydrogen-bond donors (Lipinski definition) is 3. The van der Waals surface area contributed by atoms with E-state index in [2.05, 4.69) is 5.32 Å². The first-order valence-electron chi connectivity index (χ1n) is 8.34. The molecule has 0 saturated carbocycles. The molecule has 0 heterocycles. The summed E-state index contributed by atoms with van der Waals surface area (Å²) in [4.78, 5) is 23.2. The van der Waals surface area contributed by atoms with Crippen LogP contribution in [-0.4, -0.2) is 35.0 Å². The van der Waals surface area contributed by atoms with Gasteiger partial charge in [-0.15, -0.1) is 0 Å². The van der Waals surface area contributed by atoms with Crippen LogP contribution in [0.1, 0.15) is 18.6 Å². The molecule has 0 unspecified atom stereocenters. The van der Waals surface area contributed by atoms with Gasteiger partial charge in [0.05, 0.1) is 0 Å². The summed E-state index contributed by atoms with van der Waals surface area (Å²) in [7, 11) is 0. The van der Waals surface area contributed by atoms with Crippen LogP contribution in [0.25, 0.3) is 0 Å². The van der Waals surface area contributed by atoms with E-state index in [0.717, 1.165) is 6.08 Å². The highest BCUT2D eigenvalue weighted by atomic mass is 16.6. The molecule has 2 aromatic rings. The summed E-state index contributed by atoms with van der Waals surface area (Å²) in [5, 5.41) is 21.0. The van der Waals surface area contributed by atoms with Crippen molar-refractivity contribution >= 4 is 17.7 Å². The van der Waals surface area contributed by atoms with Gasteiger partial charge < -0.3 is 19.7 Å². The highest BCUT2D eigenvalue weighted by molar-refractivity contribution is 5.84. The van der Waals surface area contributed by atoms with Gasteiger partial charge in [0.2, 0.25) is 0 Å². The predicted molar refractivity (Wildman–Crippen MR) is 99.6 cm³/mol. The number of phenolic OH excluding ortho intramolecular Hbond substituents is 1. The summed E-state index contributed by atoms with van der Waals surface area (Å²) >= 11 is 0. The second-order valence-electron chi connectivity index (χ2n) is 5.53. The first-order chi connectivity index (χ1) is 13.0. The second-order valence-corrected chi connectivity index (χ2v) is 5.53. The minimum Gasteiger partial charge on any atom is -0.508 e. The number of amides is 1.